The third-order valence-electron chi connectivity index (χ3n) is 5.25. The van der Waals surface area contributed by atoms with E-state index in [0.29, 0.717) is 30.3 Å². The van der Waals surface area contributed by atoms with E-state index in [-0.39, 0.29) is 59.1 Å². The Bertz CT molecular complexity index is 1110. The maximum atomic E-state index is 12.3. The number of carboxylic acid groups (broad SMARTS) is 2. The van der Waals surface area contributed by atoms with Crippen LogP contribution in [0.5, 0.6) is 0 Å². The number of carbonyl (C=O) groups is 3. The van der Waals surface area contributed by atoms with Gasteiger partial charge in [-0.15, -0.1) is 0 Å². The first-order valence-electron chi connectivity index (χ1n) is 10.1. The van der Waals surface area contributed by atoms with Crippen LogP contribution >= 0.6 is 0 Å². The maximum absolute atomic E-state index is 12.3. The van der Waals surface area contributed by atoms with Crippen molar-refractivity contribution in [3.63, 3.8) is 0 Å². The van der Waals surface area contributed by atoms with Crippen molar-refractivity contribution in [2.75, 3.05) is 41.4 Å². The molecule has 1 aromatic heterocycles. The molecule has 0 unspecified atom stereocenters. The Labute approximate surface area is 216 Å². The van der Waals surface area contributed by atoms with Gasteiger partial charge in [0.15, 0.2) is 5.82 Å². The Morgan fingerprint density at radius 3 is 2.62 bits per heavy atom. The third kappa shape index (κ3) is 6.62. The molecule has 0 fully saturated rings. The predicted octanol–water partition coefficient (Wildman–Crippen LogP) is -4.59. The fourth-order valence-electron chi connectivity index (χ4n) is 3.41. The summed E-state index contributed by atoms with van der Waals surface area (Å²) >= 11 is 0. The molecule has 0 aliphatic carbocycles. The number of nitrogen functional groups attached to an aromatic ring is 1. The minimum Gasteiger partial charge on any atom is -0.550 e. The van der Waals surface area contributed by atoms with Gasteiger partial charge < -0.3 is 41.6 Å². The van der Waals surface area contributed by atoms with E-state index >= 15 is 0 Å². The van der Waals surface area contributed by atoms with Crippen LogP contribution < -0.4 is 66.8 Å². The number of carboxylic acids is 2. The van der Waals surface area contributed by atoms with Gasteiger partial charge in [0.2, 0.25) is 5.95 Å². The van der Waals surface area contributed by atoms with Crippen LogP contribution in [0, 0.1) is 0 Å². The van der Waals surface area contributed by atoms with Gasteiger partial charge in [-0.25, -0.2) is 4.79 Å². The summed E-state index contributed by atoms with van der Waals surface area (Å²) in [6.45, 7) is 0.998. The quantitative estimate of drug-likeness (QED) is 0.188. The van der Waals surface area contributed by atoms with Gasteiger partial charge in [0.25, 0.3) is 11.5 Å². The van der Waals surface area contributed by atoms with Gasteiger partial charge in [-0.05, 0) is 37.1 Å². The zero-order valence-corrected chi connectivity index (χ0v) is 20.8. The Morgan fingerprint density at radius 2 is 2.00 bits per heavy atom. The number of aromatic amines is 1. The summed E-state index contributed by atoms with van der Waals surface area (Å²) in [5.74, 6) is -2.89. The zero-order chi connectivity index (χ0) is 24.1. The summed E-state index contributed by atoms with van der Waals surface area (Å²) in [5, 5.41) is 28.3. The number of hydrogen-bond acceptors (Lipinski definition) is 10. The molecular formula is C20H24N7NaO6. The van der Waals surface area contributed by atoms with Gasteiger partial charge in [-0.1, -0.05) is 0 Å². The third-order valence-corrected chi connectivity index (χ3v) is 5.25. The number of fused-ring (bicyclic) bond motifs is 1. The maximum Gasteiger partial charge on any atom is 1.00 e. The first-order valence-corrected chi connectivity index (χ1v) is 10.1. The Kier molecular flexibility index (Phi) is 9.29. The van der Waals surface area contributed by atoms with Crippen LogP contribution in [0.15, 0.2) is 29.1 Å². The number of nitrogens with zero attached hydrogens (tertiary/aromatic N) is 2. The molecule has 1 amide bonds. The van der Waals surface area contributed by atoms with Crippen LogP contribution in [0.25, 0.3) is 0 Å². The summed E-state index contributed by atoms with van der Waals surface area (Å²) in [6, 6.07) is 4.94. The molecule has 0 saturated carbocycles. The number of aliphatic carboxylic acids is 2. The first-order chi connectivity index (χ1) is 15.7. The fraction of sp³-hybridized carbons (Fsp3) is 0.350. The van der Waals surface area contributed by atoms with Crippen LogP contribution in [-0.2, 0) is 9.59 Å². The topological polar surface area (TPSA) is 206 Å². The second-order valence-corrected chi connectivity index (χ2v) is 7.53. The Balaban J connectivity index is 0.00000408. The number of aromatic nitrogens is 2. The summed E-state index contributed by atoms with van der Waals surface area (Å²) < 4.78 is 0. The molecule has 7 N–H and O–H groups in total. The van der Waals surface area contributed by atoms with Crippen molar-refractivity contribution >= 4 is 41.0 Å². The van der Waals surface area contributed by atoms with E-state index in [1.54, 1.807) is 19.2 Å². The average molecular weight is 481 g/mol. The standard InChI is InChI=1S/C20H25N7O6.Na/c1-27-12(9-23-16-15(27)18(31)26-20(21)25-16)8-22-11-4-2-10(3-5-11)17(30)24-13(19(32)33)6-7-14(28)29;/h2-5,12-13,22H,6-9H2,1H3,(H,24,30)(H,28,29)(H,32,33)(H4,21,23,25,26,31);/q;+1/p-1/t12-,13+;/m1./s1. The largest absolute Gasteiger partial charge is 1.00 e. The number of rotatable bonds is 9. The van der Waals surface area contributed by atoms with Crippen LogP contribution in [0.4, 0.5) is 23.1 Å². The van der Waals surface area contributed by atoms with Crippen molar-refractivity contribution in [1.82, 2.24) is 15.3 Å². The number of nitrogens with two attached hydrogens (primary N) is 1. The van der Waals surface area contributed by atoms with Crippen molar-refractivity contribution in [3.05, 3.63) is 40.2 Å². The molecule has 0 spiro atoms. The van der Waals surface area contributed by atoms with Crippen molar-refractivity contribution in [1.29, 1.82) is 0 Å². The monoisotopic (exact) mass is 481 g/mol. The van der Waals surface area contributed by atoms with Crippen molar-refractivity contribution in [2.45, 2.75) is 24.9 Å². The second kappa shape index (κ2) is 11.7. The number of amides is 1. The number of carbonyl (C=O) groups excluding carboxylic acids is 2. The molecule has 176 valence electrons. The molecule has 0 saturated heterocycles. The van der Waals surface area contributed by atoms with Gasteiger partial charge >= 0.3 is 35.5 Å². The minimum absolute atomic E-state index is 0. The molecule has 13 nitrogen and oxygen atoms in total. The smallest absolute Gasteiger partial charge is 0.550 e. The molecule has 2 heterocycles. The Morgan fingerprint density at radius 1 is 1.32 bits per heavy atom. The average Bonchev–Trinajstić information content (AvgIpc) is 2.75. The van der Waals surface area contributed by atoms with Crippen LogP contribution in [-0.4, -0.2) is 65.1 Å². The molecule has 3 rings (SSSR count). The molecular weight excluding hydrogens is 457 g/mol. The van der Waals surface area contributed by atoms with Crippen molar-refractivity contribution in [2.24, 2.45) is 0 Å². The molecule has 34 heavy (non-hydrogen) atoms. The van der Waals surface area contributed by atoms with Gasteiger partial charge in [0.05, 0.1) is 6.04 Å². The van der Waals surface area contributed by atoms with E-state index in [9.17, 15) is 24.3 Å². The first kappa shape index (κ1) is 27.0. The van der Waals surface area contributed by atoms with E-state index in [1.165, 1.54) is 12.1 Å². The number of H-pyrrole nitrogens is 1. The number of benzene rings is 1. The summed E-state index contributed by atoms with van der Waals surface area (Å²) in [5.41, 5.74) is 6.56. The molecule has 1 aromatic carbocycles. The van der Waals surface area contributed by atoms with Gasteiger partial charge in [-0.3, -0.25) is 14.6 Å². The fourth-order valence-corrected chi connectivity index (χ4v) is 3.41. The van der Waals surface area contributed by atoms with Crippen molar-refractivity contribution in [3.8, 4) is 0 Å². The number of nitrogens with one attached hydrogen (secondary N) is 4. The summed E-state index contributed by atoms with van der Waals surface area (Å²) in [6.07, 6.45) is -0.759. The van der Waals surface area contributed by atoms with E-state index in [2.05, 4.69) is 25.9 Å². The van der Waals surface area contributed by atoms with Crippen LogP contribution in [0.3, 0.4) is 0 Å². The SMILES string of the molecule is CN1c2c(nc(N)[nH]c2=O)NC[C@H]1CNc1ccc(C(=O)N[C@@H](CCC(=O)[O-])C(=O)O)cc1.[Na+]. The second-order valence-electron chi connectivity index (χ2n) is 7.53. The van der Waals surface area contributed by atoms with E-state index in [1.807, 2.05) is 4.90 Å². The molecule has 0 radical (unpaired) electrons. The molecule has 1 aliphatic rings. The summed E-state index contributed by atoms with van der Waals surface area (Å²) in [7, 11) is 1.78. The van der Waals surface area contributed by atoms with Gasteiger partial charge in [-0.2, -0.15) is 4.98 Å². The van der Waals surface area contributed by atoms with Gasteiger partial charge in [0, 0.05) is 37.4 Å². The Hall–Kier alpha value is -3.29. The number of anilines is 4. The van der Waals surface area contributed by atoms with E-state index < -0.39 is 30.3 Å². The molecule has 0 bridgehead atoms. The zero-order valence-electron chi connectivity index (χ0n) is 18.8. The summed E-state index contributed by atoms with van der Waals surface area (Å²) in [4.78, 5) is 54.7. The molecule has 2 atom stereocenters. The number of likely N-dealkylation sites (N-methyl/N-ethyl adjacent to an activating group) is 1. The van der Waals surface area contributed by atoms with Gasteiger partial charge in [0.1, 0.15) is 11.7 Å². The molecule has 2 aromatic rings. The molecule has 14 heteroatoms. The predicted molar refractivity (Wildman–Crippen MR) is 118 cm³/mol. The van der Waals surface area contributed by atoms with E-state index in [0.717, 1.165) is 0 Å². The molecule has 1 aliphatic heterocycles. The number of hydrogen-bond donors (Lipinski definition) is 6. The van der Waals surface area contributed by atoms with Crippen molar-refractivity contribution < 1.29 is 54.2 Å². The van der Waals surface area contributed by atoms with Crippen LogP contribution in [0.1, 0.15) is 23.2 Å². The van der Waals surface area contributed by atoms with Crippen LogP contribution in [0.2, 0.25) is 0 Å². The van der Waals surface area contributed by atoms with E-state index in [4.69, 9.17) is 10.8 Å². The minimum atomic E-state index is -1.39. The normalized spacial score (nSPS) is 15.2.